The summed E-state index contributed by atoms with van der Waals surface area (Å²) in [6, 6.07) is 0. The molecule has 0 spiro atoms. The van der Waals surface area contributed by atoms with E-state index in [4.69, 9.17) is 0 Å². The Morgan fingerprint density at radius 2 is 2.00 bits per heavy atom. The van der Waals surface area contributed by atoms with E-state index in [0.717, 1.165) is 11.8 Å². The lowest BCUT2D eigenvalue weighted by atomic mass is 10.1. The number of nitrogens with zero attached hydrogens (tertiary/aromatic N) is 3. The second-order valence-electron chi connectivity index (χ2n) is 5.58. The SMILES string of the molecule is CC(C)(C)N1CN=C2SC(CO)(CO)C(=O)N2C1. The van der Waals surface area contributed by atoms with Crippen LogP contribution in [-0.2, 0) is 4.79 Å². The van der Waals surface area contributed by atoms with E-state index in [2.05, 4.69) is 30.7 Å². The highest BCUT2D eigenvalue weighted by Gasteiger charge is 2.52. The summed E-state index contributed by atoms with van der Waals surface area (Å²) in [6.07, 6.45) is 0. The first-order valence-electron chi connectivity index (χ1n) is 5.86. The number of hydrogen-bond acceptors (Lipinski definition) is 6. The standard InChI is InChI=1S/C11H19N3O3S/c1-10(2,3)13-6-12-9-14(7-13)8(17)11(4-15,5-16)18-9/h15-16H,4-7H2,1-3H3. The number of aliphatic hydroxyl groups excluding tert-OH is 2. The molecule has 0 bridgehead atoms. The van der Waals surface area contributed by atoms with Crippen molar-refractivity contribution in [2.24, 2.45) is 4.99 Å². The van der Waals surface area contributed by atoms with Crippen LogP contribution in [0.5, 0.6) is 0 Å². The van der Waals surface area contributed by atoms with E-state index in [-0.39, 0.29) is 24.7 Å². The van der Waals surface area contributed by atoms with Crippen LogP contribution >= 0.6 is 11.8 Å². The molecule has 0 aromatic carbocycles. The zero-order valence-electron chi connectivity index (χ0n) is 10.9. The monoisotopic (exact) mass is 273 g/mol. The first kappa shape index (κ1) is 13.8. The van der Waals surface area contributed by atoms with Crippen LogP contribution in [-0.4, -0.2) is 67.9 Å². The van der Waals surface area contributed by atoms with Crippen molar-refractivity contribution in [1.82, 2.24) is 9.80 Å². The van der Waals surface area contributed by atoms with Gasteiger partial charge in [0.25, 0.3) is 5.91 Å². The Hall–Kier alpha value is -0.630. The summed E-state index contributed by atoms with van der Waals surface area (Å²) < 4.78 is -1.16. The van der Waals surface area contributed by atoms with Gasteiger partial charge in [-0.05, 0) is 20.8 Å². The number of rotatable bonds is 2. The lowest BCUT2D eigenvalue weighted by molar-refractivity contribution is -0.133. The highest BCUT2D eigenvalue weighted by atomic mass is 32.2. The molecule has 0 unspecified atom stereocenters. The molecule has 102 valence electrons. The van der Waals surface area contributed by atoms with Crippen molar-refractivity contribution in [2.45, 2.75) is 31.1 Å². The van der Waals surface area contributed by atoms with Crippen molar-refractivity contribution in [1.29, 1.82) is 0 Å². The molecule has 2 N–H and O–H groups in total. The third kappa shape index (κ3) is 2.05. The molecule has 0 atom stereocenters. The van der Waals surface area contributed by atoms with Gasteiger partial charge < -0.3 is 10.2 Å². The topological polar surface area (TPSA) is 76.4 Å². The minimum Gasteiger partial charge on any atom is -0.394 e. The molecule has 2 heterocycles. The first-order chi connectivity index (χ1) is 8.34. The Kier molecular flexibility index (Phi) is 3.44. The third-order valence-electron chi connectivity index (χ3n) is 3.30. The van der Waals surface area contributed by atoms with Crippen LogP contribution in [0.4, 0.5) is 0 Å². The number of hydrogen-bond donors (Lipinski definition) is 2. The van der Waals surface area contributed by atoms with Gasteiger partial charge in [0.2, 0.25) is 0 Å². The van der Waals surface area contributed by atoms with Gasteiger partial charge in [-0.3, -0.25) is 14.6 Å². The minimum absolute atomic E-state index is 0.0797. The zero-order chi connectivity index (χ0) is 13.6. The summed E-state index contributed by atoms with van der Waals surface area (Å²) in [5.41, 5.74) is -0.0797. The molecule has 0 aromatic heterocycles. The number of aliphatic hydroxyl groups is 2. The molecule has 18 heavy (non-hydrogen) atoms. The van der Waals surface area contributed by atoms with E-state index in [1.807, 2.05) is 0 Å². The van der Waals surface area contributed by atoms with Gasteiger partial charge >= 0.3 is 0 Å². The fourth-order valence-electron chi connectivity index (χ4n) is 1.88. The summed E-state index contributed by atoms with van der Waals surface area (Å²) in [4.78, 5) is 20.3. The van der Waals surface area contributed by atoms with Crippen LogP contribution < -0.4 is 0 Å². The van der Waals surface area contributed by atoms with Gasteiger partial charge in [0.05, 0.1) is 26.6 Å². The van der Waals surface area contributed by atoms with Crippen LogP contribution in [0.1, 0.15) is 20.8 Å². The number of fused-ring (bicyclic) bond motifs is 1. The largest absolute Gasteiger partial charge is 0.394 e. The maximum Gasteiger partial charge on any atom is 0.251 e. The molecule has 0 aliphatic carbocycles. The quantitative estimate of drug-likeness (QED) is 0.720. The summed E-state index contributed by atoms with van der Waals surface area (Å²) in [7, 11) is 0. The van der Waals surface area contributed by atoms with Crippen LogP contribution in [0.2, 0.25) is 0 Å². The predicted octanol–water partition coefficient (Wildman–Crippen LogP) is -0.330. The van der Waals surface area contributed by atoms with E-state index >= 15 is 0 Å². The van der Waals surface area contributed by atoms with Crippen molar-refractivity contribution in [3.8, 4) is 0 Å². The van der Waals surface area contributed by atoms with E-state index < -0.39 is 4.75 Å². The molecule has 1 saturated heterocycles. The Morgan fingerprint density at radius 1 is 1.39 bits per heavy atom. The summed E-state index contributed by atoms with van der Waals surface area (Å²) in [5, 5.41) is 19.3. The first-order valence-corrected chi connectivity index (χ1v) is 6.68. The fraction of sp³-hybridized carbons (Fsp3) is 0.818. The van der Waals surface area contributed by atoms with Gasteiger partial charge in [-0.1, -0.05) is 11.8 Å². The van der Waals surface area contributed by atoms with Crippen molar-refractivity contribution < 1.29 is 15.0 Å². The van der Waals surface area contributed by atoms with Crippen molar-refractivity contribution in [3.05, 3.63) is 0 Å². The Balaban J connectivity index is 2.24. The summed E-state index contributed by atoms with van der Waals surface area (Å²) in [5.74, 6) is -0.259. The number of carbonyl (C=O) groups excluding carboxylic acids is 1. The van der Waals surface area contributed by atoms with Crippen LogP contribution in [0.15, 0.2) is 4.99 Å². The maximum absolute atomic E-state index is 12.3. The zero-order valence-corrected chi connectivity index (χ0v) is 11.7. The lowest BCUT2D eigenvalue weighted by Gasteiger charge is -2.39. The molecule has 6 nitrogen and oxygen atoms in total. The fourth-order valence-corrected chi connectivity index (χ4v) is 2.93. The number of amidine groups is 1. The molecular weight excluding hydrogens is 254 g/mol. The average Bonchev–Trinajstić information content (AvgIpc) is 2.61. The second-order valence-corrected chi connectivity index (χ2v) is 6.93. The van der Waals surface area contributed by atoms with Crippen LogP contribution in [0.3, 0.4) is 0 Å². The Bertz CT molecular complexity index is 387. The molecule has 2 aliphatic rings. The molecule has 0 aromatic rings. The highest BCUT2D eigenvalue weighted by Crippen LogP contribution is 2.39. The predicted molar refractivity (Wildman–Crippen MR) is 70.1 cm³/mol. The number of thioether (sulfide) groups is 1. The number of carbonyl (C=O) groups is 1. The van der Waals surface area contributed by atoms with Crippen molar-refractivity contribution in [3.63, 3.8) is 0 Å². The van der Waals surface area contributed by atoms with Crippen LogP contribution in [0, 0.1) is 0 Å². The normalized spacial score (nSPS) is 24.2. The third-order valence-corrected chi connectivity index (χ3v) is 4.66. The lowest BCUT2D eigenvalue weighted by Crippen LogP contribution is -2.54. The maximum atomic E-state index is 12.3. The van der Waals surface area contributed by atoms with Gasteiger partial charge in [0.1, 0.15) is 4.75 Å². The van der Waals surface area contributed by atoms with Crippen molar-refractivity contribution >= 4 is 22.8 Å². The average molecular weight is 273 g/mol. The van der Waals surface area contributed by atoms with Crippen LogP contribution in [0.25, 0.3) is 0 Å². The van der Waals surface area contributed by atoms with E-state index in [1.54, 1.807) is 4.90 Å². The van der Waals surface area contributed by atoms with Gasteiger partial charge in [-0.25, -0.2) is 4.99 Å². The molecule has 1 amide bonds. The van der Waals surface area contributed by atoms with Gasteiger partial charge in [-0.15, -0.1) is 0 Å². The van der Waals surface area contributed by atoms with E-state index in [1.165, 1.54) is 0 Å². The van der Waals surface area contributed by atoms with Gasteiger partial charge in [0.15, 0.2) is 5.17 Å². The minimum atomic E-state index is -1.16. The molecule has 2 rings (SSSR count). The van der Waals surface area contributed by atoms with Gasteiger partial charge in [0, 0.05) is 5.54 Å². The van der Waals surface area contributed by atoms with Gasteiger partial charge in [-0.2, -0.15) is 0 Å². The smallest absolute Gasteiger partial charge is 0.251 e. The Labute approximate surface area is 111 Å². The molecule has 0 saturated carbocycles. The molecule has 2 aliphatic heterocycles. The molecule has 0 radical (unpaired) electrons. The second kappa shape index (κ2) is 4.48. The molecule has 7 heteroatoms. The molecule has 1 fully saturated rings. The summed E-state index contributed by atoms with van der Waals surface area (Å²) in [6.45, 7) is 6.42. The van der Waals surface area contributed by atoms with Crippen molar-refractivity contribution in [2.75, 3.05) is 26.6 Å². The van der Waals surface area contributed by atoms with E-state index in [9.17, 15) is 15.0 Å². The number of aliphatic imine (C=N–C) groups is 1. The highest BCUT2D eigenvalue weighted by molar-refractivity contribution is 8.16. The summed E-state index contributed by atoms with van der Waals surface area (Å²) >= 11 is 1.16. The van der Waals surface area contributed by atoms with E-state index in [0.29, 0.717) is 18.5 Å². The molecular formula is C11H19N3O3S. The number of amides is 1. The Morgan fingerprint density at radius 3 is 2.50 bits per heavy atom.